The summed E-state index contributed by atoms with van der Waals surface area (Å²) < 4.78 is 126. The number of aliphatic hydroxyl groups is 23. The molecule has 0 unspecified atom stereocenters. The van der Waals surface area contributed by atoms with Gasteiger partial charge in [-0.3, -0.25) is 0 Å². The van der Waals surface area contributed by atoms with Gasteiger partial charge in [-0.05, 0) is 0 Å². The average molecular weight is 1440 g/mol. The van der Waals surface area contributed by atoms with Crippen molar-refractivity contribution < 1.29 is 236 Å². The van der Waals surface area contributed by atoms with Crippen LogP contribution in [0.4, 0.5) is 0 Å². The van der Waals surface area contributed by atoms with Gasteiger partial charge in [-0.25, -0.2) is 8.42 Å². The van der Waals surface area contributed by atoms with Gasteiger partial charge in [-0.2, -0.15) is 11.8 Å². The van der Waals surface area contributed by atoms with Gasteiger partial charge >= 0.3 is 29.6 Å². The third-order valence-electron chi connectivity index (χ3n) is 17.5. The molecule has 45 heteroatoms. The number of hydrogen-bond acceptors (Lipinski definition) is 43. The fraction of sp³-hybridized carbons (Fsp3) is 1.00. The molecule has 30 aliphatic rings. The van der Waals surface area contributed by atoms with E-state index >= 15 is 0 Å². The second-order valence-corrected chi connectivity index (χ2v) is 26.3. The van der Waals surface area contributed by atoms with E-state index in [1.54, 1.807) is 0 Å². The Bertz CT molecular complexity index is 2450. The van der Waals surface area contributed by atoms with E-state index in [1.807, 2.05) is 0 Å². The molecule has 0 amide bonds. The van der Waals surface area contributed by atoms with Crippen molar-refractivity contribution in [1.29, 1.82) is 0 Å². The summed E-state index contributed by atoms with van der Waals surface area (Å²) in [5.41, 5.74) is 0. The SMILES string of the molecule is O=S(=O)([O-])CCSC[C@H]1O[C@@H]2O[C@H]3[C@H](O)[C@@H](O)[C@@H](O[C@H]4[C@H](O)[C@@H](O)[C@@H](O[C@H]5[C@H](O)[C@@H](O)[C@@H](O[C@H]6[C@H](O)[C@@H](O)[C@@H](O[C@H]7[C@H](O)[C@@H](O)[C@@H](O[C@H]8[C@H](O)[C@@H](O)[C@@H](O[C@H]9[C@H](O)[C@@H](O)[C@@H](O[C@H]1[C@H](O)[C@H]2O)O[C@@H]9CO)O[C@@H]8CO)O[C@@H]7CO)O[C@@H]6CO)O[C@@H]5CO)O[C@@H]4CO)O[C@@H]3CO.[Na+]. The zero-order valence-electron chi connectivity index (χ0n) is 50.0. The van der Waals surface area contributed by atoms with Crippen LogP contribution in [0.2, 0.25) is 0 Å². The predicted molar refractivity (Wildman–Crippen MR) is 286 cm³/mol. The van der Waals surface area contributed by atoms with Crippen molar-refractivity contribution in [2.75, 3.05) is 63.5 Å². The van der Waals surface area contributed by atoms with Crippen LogP contribution in [-0.2, 0) is 85.9 Å². The van der Waals surface area contributed by atoms with Crippen molar-refractivity contribution in [3.8, 4) is 0 Å². The number of hydrogen-bond donors (Lipinski definition) is 23. The Morgan fingerprint density at radius 3 is 0.547 bits per heavy atom. The van der Waals surface area contributed by atoms with Crippen molar-refractivity contribution in [3.63, 3.8) is 0 Å². The van der Waals surface area contributed by atoms with E-state index in [9.17, 15) is 130 Å². The van der Waals surface area contributed by atoms with Gasteiger partial charge in [0.25, 0.3) is 0 Å². The van der Waals surface area contributed by atoms with E-state index in [-0.39, 0.29) is 29.6 Å². The summed E-state index contributed by atoms with van der Waals surface area (Å²) in [6.07, 6.45) is -83.2. The number of ether oxygens (including phenoxy) is 16. The number of aliphatic hydroxyl groups excluding tert-OH is 23. The first-order valence-electron chi connectivity index (χ1n) is 29.7. The van der Waals surface area contributed by atoms with E-state index in [0.29, 0.717) is 11.8 Å². The van der Waals surface area contributed by atoms with Crippen molar-refractivity contribution in [1.82, 2.24) is 0 Å². The molecular formula is C50H83NaO42S2. The smallest absolute Gasteiger partial charge is 0.748 e. The molecule has 0 saturated carbocycles. The van der Waals surface area contributed by atoms with Crippen molar-refractivity contribution in [3.05, 3.63) is 0 Å². The van der Waals surface area contributed by atoms with Crippen LogP contribution in [0.5, 0.6) is 0 Å². The molecular weight excluding hydrogens is 1360 g/mol. The fourth-order valence-electron chi connectivity index (χ4n) is 12.3. The molecule has 30 rings (SSSR count). The summed E-state index contributed by atoms with van der Waals surface area (Å²) >= 11 is 0.700. The Hall–Kier alpha value is -0.300. The van der Waals surface area contributed by atoms with Crippen LogP contribution < -0.4 is 29.6 Å². The molecule has 0 aromatic carbocycles. The molecule has 0 aromatic rings. The second kappa shape index (κ2) is 34.5. The first-order chi connectivity index (χ1) is 44.5. The van der Waals surface area contributed by atoms with E-state index in [4.69, 9.17) is 75.8 Å². The summed E-state index contributed by atoms with van der Waals surface area (Å²) in [6.45, 7) is -7.75. The quantitative estimate of drug-likeness (QED) is 0.0490. The Morgan fingerprint density at radius 1 is 0.253 bits per heavy atom. The maximum absolute atomic E-state index is 11.7. The summed E-state index contributed by atoms with van der Waals surface area (Å²) in [6, 6.07) is 0. The molecule has 0 aliphatic carbocycles. The first kappa shape index (κ1) is 80.4. The minimum atomic E-state index is -4.81. The van der Waals surface area contributed by atoms with Crippen LogP contribution in [0.1, 0.15) is 0 Å². The standard InChI is InChI=1S/C50H84O42S2.Na/c51-3-11-35-19(58)27(66)43(77-11)86-36-12(4-52)79-45(29(68)21(36)60)88-38-14(6-54)81-47(31(70)23(38)62)90-40-16(8-56)83-49(33(72)25(40)64)92-42-18(10-93-1-2-94(74,75)76)84-50(34(73)26(42)65)91-41-17(9-57)82-48(32(71)24(41)63)89-39-15(7-55)80-46(30(69)22(39)61)87-37-13(5-53)78-44(85-35)28(67)20(37)59;/h11-73H,1-10H2,(H,74,75,76);/q;+1/p-1/t11-,12-,13-,14-,15-,16-,17-,18-,19-,20-,21-,22-,23-,24-,25-,26-,27-,28-,29-,30-,31-,32-,33-,34-,35-,36-,37-,38-,39-,40-,41-,42-,43-,44-,45-,46-,47-,48-,49-,50-;/m1./s1. The molecule has 548 valence electrons. The van der Waals surface area contributed by atoms with E-state index in [0.717, 1.165) is 0 Å². The van der Waals surface area contributed by atoms with Gasteiger partial charge in [0.05, 0.1) is 62.5 Å². The third kappa shape index (κ3) is 17.3. The topological polar surface area (TPSA) is 670 Å². The number of rotatable bonds is 12. The fourth-order valence-corrected chi connectivity index (χ4v) is 14.2. The van der Waals surface area contributed by atoms with Crippen LogP contribution in [0.15, 0.2) is 0 Å². The number of thioether (sulfide) groups is 1. The molecule has 30 saturated heterocycles. The maximum Gasteiger partial charge on any atom is 1.00 e. The van der Waals surface area contributed by atoms with Crippen LogP contribution >= 0.6 is 11.8 Å². The Morgan fingerprint density at radius 2 is 0.400 bits per heavy atom. The molecule has 30 heterocycles. The first-order valence-corrected chi connectivity index (χ1v) is 32.4. The van der Waals surface area contributed by atoms with Gasteiger partial charge in [-0.1, -0.05) is 0 Å². The minimum absolute atomic E-state index is 0. The normalized spacial score (nSPS) is 52.2. The monoisotopic (exact) mass is 1440 g/mol. The summed E-state index contributed by atoms with van der Waals surface area (Å²) in [7, 11) is -4.81. The molecule has 30 aliphatic heterocycles. The van der Waals surface area contributed by atoms with Gasteiger partial charge in [0.1, 0.15) is 189 Å². The Labute approximate surface area is 564 Å². The predicted octanol–water partition coefficient (Wildman–Crippen LogP) is -20.1. The molecule has 95 heavy (non-hydrogen) atoms. The molecule has 0 spiro atoms. The van der Waals surface area contributed by atoms with Crippen LogP contribution in [0.3, 0.4) is 0 Å². The zero-order valence-corrected chi connectivity index (χ0v) is 53.7. The van der Waals surface area contributed by atoms with E-state index < -0.39 is 319 Å². The van der Waals surface area contributed by atoms with E-state index in [1.165, 1.54) is 0 Å². The van der Waals surface area contributed by atoms with Crippen molar-refractivity contribution >= 4 is 21.9 Å². The summed E-state index contributed by atoms with van der Waals surface area (Å²) in [5, 5.41) is 257. The largest absolute Gasteiger partial charge is 1.00 e. The minimum Gasteiger partial charge on any atom is -0.748 e. The molecule has 16 bridgehead atoms. The molecule has 0 aromatic heterocycles. The Balaban J connectivity index is 0.0000116. The second-order valence-electron chi connectivity index (χ2n) is 23.6. The molecule has 40 atom stereocenters. The van der Waals surface area contributed by atoms with Crippen molar-refractivity contribution in [2.45, 2.75) is 246 Å². The van der Waals surface area contributed by atoms with Crippen LogP contribution in [0.25, 0.3) is 0 Å². The van der Waals surface area contributed by atoms with Gasteiger partial charge in [0.15, 0.2) is 50.3 Å². The van der Waals surface area contributed by atoms with Crippen LogP contribution in [0, 0.1) is 0 Å². The Kier molecular flexibility index (Phi) is 29.2. The third-order valence-corrected chi connectivity index (χ3v) is 19.5. The molecule has 30 fully saturated rings. The summed E-state index contributed by atoms with van der Waals surface area (Å²) in [4.78, 5) is 0. The van der Waals surface area contributed by atoms with Gasteiger partial charge in [-0.15, -0.1) is 0 Å². The zero-order chi connectivity index (χ0) is 68.7. The van der Waals surface area contributed by atoms with Crippen LogP contribution in [-0.4, -0.2) is 440 Å². The average Bonchev–Trinajstić information content (AvgIpc) is 0.794. The summed E-state index contributed by atoms with van der Waals surface area (Å²) in [5.74, 6) is -1.84. The molecule has 0 radical (unpaired) electrons. The van der Waals surface area contributed by atoms with Gasteiger partial charge in [0, 0.05) is 17.3 Å². The maximum atomic E-state index is 11.7. The molecule has 42 nitrogen and oxygen atoms in total. The molecule has 23 N–H and O–H groups in total. The van der Waals surface area contributed by atoms with Gasteiger partial charge < -0.3 is 198 Å². The van der Waals surface area contributed by atoms with Gasteiger partial charge in [0.2, 0.25) is 0 Å². The van der Waals surface area contributed by atoms with Crippen molar-refractivity contribution in [2.24, 2.45) is 0 Å². The van der Waals surface area contributed by atoms with E-state index in [2.05, 4.69) is 0 Å².